The molecule has 4 nitrogen and oxygen atoms in total. The van der Waals surface area contributed by atoms with Crippen LogP contribution in [0.1, 0.15) is 40.2 Å². The molecule has 0 spiro atoms. The second-order valence-electron chi connectivity index (χ2n) is 4.96. The van der Waals surface area contributed by atoms with Crippen molar-refractivity contribution >= 4 is 11.8 Å². The average molecular weight is 256 g/mol. The lowest BCUT2D eigenvalue weighted by molar-refractivity contribution is 0.0777. The zero-order valence-electron chi connectivity index (χ0n) is 10.8. The molecule has 1 heterocycles. The Morgan fingerprint density at radius 3 is 2.71 bits per heavy atom. The van der Waals surface area contributed by atoms with E-state index in [4.69, 9.17) is 0 Å². The van der Waals surface area contributed by atoms with E-state index < -0.39 is 5.60 Å². The molecule has 1 aromatic rings. The molecule has 0 bridgehead atoms. The van der Waals surface area contributed by atoms with Gasteiger partial charge in [0, 0.05) is 24.1 Å². The fraction of sp³-hybridized carbons (Fsp3) is 0.667. The highest BCUT2D eigenvalue weighted by molar-refractivity contribution is 7.99. The fourth-order valence-corrected chi connectivity index (χ4v) is 2.65. The molecule has 0 saturated carbocycles. The number of thioether (sulfide) groups is 1. The summed E-state index contributed by atoms with van der Waals surface area (Å²) in [7, 11) is 0. The van der Waals surface area contributed by atoms with E-state index in [9.17, 15) is 9.90 Å². The van der Waals surface area contributed by atoms with E-state index in [-0.39, 0.29) is 11.6 Å². The van der Waals surface area contributed by atoms with E-state index in [1.807, 2.05) is 18.4 Å². The van der Waals surface area contributed by atoms with Gasteiger partial charge in [0.1, 0.15) is 0 Å². The van der Waals surface area contributed by atoms with Gasteiger partial charge in [0.2, 0.25) is 0 Å². The van der Waals surface area contributed by atoms with Crippen molar-refractivity contribution in [2.75, 3.05) is 5.75 Å². The number of hydrogen-bond donors (Lipinski definition) is 1. The van der Waals surface area contributed by atoms with Gasteiger partial charge in [0.05, 0.1) is 5.60 Å². The Bertz CT molecular complexity index is 421. The van der Waals surface area contributed by atoms with Crippen molar-refractivity contribution in [2.24, 2.45) is 0 Å². The van der Waals surface area contributed by atoms with Crippen molar-refractivity contribution in [3.63, 3.8) is 0 Å². The van der Waals surface area contributed by atoms with Crippen molar-refractivity contribution in [2.45, 2.75) is 50.9 Å². The molecule has 0 unspecified atom stereocenters. The van der Waals surface area contributed by atoms with Crippen molar-refractivity contribution in [3.05, 3.63) is 22.6 Å². The number of aromatic nitrogens is 2. The van der Waals surface area contributed by atoms with E-state index in [1.54, 1.807) is 20.0 Å². The number of rotatable bonds is 5. The topological polar surface area (TPSA) is 55.1 Å². The second-order valence-corrected chi connectivity index (χ2v) is 6.02. The second kappa shape index (κ2) is 5.69. The molecule has 0 aliphatic rings. The SMILES string of the molecule is CC(C)n1ccc(=O)nc1SCCC(C)(C)O. The lowest BCUT2D eigenvalue weighted by Gasteiger charge is -2.18. The van der Waals surface area contributed by atoms with Gasteiger partial charge in [-0.15, -0.1) is 0 Å². The van der Waals surface area contributed by atoms with Gasteiger partial charge in [-0.05, 0) is 34.1 Å². The molecule has 0 radical (unpaired) electrons. The van der Waals surface area contributed by atoms with Crippen molar-refractivity contribution < 1.29 is 5.11 Å². The Hall–Kier alpha value is -0.810. The van der Waals surface area contributed by atoms with Crippen LogP contribution in [0, 0.1) is 0 Å². The first-order chi connectivity index (χ1) is 7.79. The molecule has 96 valence electrons. The quantitative estimate of drug-likeness (QED) is 0.647. The van der Waals surface area contributed by atoms with E-state index >= 15 is 0 Å². The number of hydrogen-bond acceptors (Lipinski definition) is 4. The lowest BCUT2D eigenvalue weighted by Crippen LogP contribution is -2.20. The summed E-state index contributed by atoms with van der Waals surface area (Å²) in [6.45, 7) is 7.65. The number of aliphatic hydroxyl groups is 1. The molecule has 0 atom stereocenters. The van der Waals surface area contributed by atoms with Crippen molar-refractivity contribution in [1.82, 2.24) is 9.55 Å². The van der Waals surface area contributed by atoms with Gasteiger partial charge < -0.3 is 9.67 Å². The minimum absolute atomic E-state index is 0.215. The first kappa shape index (κ1) is 14.3. The predicted molar refractivity (Wildman–Crippen MR) is 70.5 cm³/mol. The van der Waals surface area contributed by atoms with E-state index in [2.05, 4.69) is 4.98 Å². The van der Waals surface area contributed by atoms with Crippen molar-refractivity contribution in [1.29, 1.82) is 0 Å². The fourth-order valence-electron chi connectivity index (χ4n) is 1.29. The highest BCUT2D eigenvalue weighted by Crippen LogP contribution is 2.21. The monoisotopic (exact) mass is 256 g/mol. The van der Waals surface area contributed by atoms with Crippen LogP contribution in [0.4, 0.5) is 0 Å². The minimum Gasteiger partial charge on any atom is -0.390 e. The molecule has 1 aromatic heterocycles. The zero-order valence-corrected chi connectivity index (χ0v) is 11.6. The summed E-state index contributed by atoms with van der Waals surface area (Å²) in [5, 5.41) is 10.3. The predicted octanol–water partition coefficient (Wildman–Crippen LogP) is 2.08. The zero-order chi connectivity index (χ0) is 13.1. The lowest BCUT2D eigenvalue weighted by atomic mass is 10.1. The van der Waals surface area contributed by atoms with Gasteiger partial charge in [0.25, 0.3) is 5.56 Å². The van der Waals surface area contributed by atoms with Gasteiger partial charge in [0.15, 0.2) is 5.16 Å². The molecule has 0 aliphatic heterocycles. The van der Waals surface area contributed by atoms with Gasteiger partial charge in [-0.25, -0.2) is 0 Å². The third-order valence-corrected chi connectivity index (χ3v) is 3.27. The Balaban J connectivity index is 2.75. The van der Waals surface area contributed by atoms with E-state index in [0.717, 1.165) is 10.9 Å². The van der Waals surface area contributed by atoms with Gasteiger partial charge in [-0.3, -0.25) is 4.79 Å². The molecule has 0 amide bonds. The summed E-state index contributed by atoms with van der Waals surface area (Å²) in [6, 6.07) is 1.74. The molecule has 0 aromatic carbocycles. The maximum absolute atomic E-state index is 11.2. The maximum atomic E-state index is 11.2. The average Bonchev–Trinajstić information content (AvgIpc) is 2.15. The summed E-state index contributed by atoms with van der Waals surface area (Å²) >= 11 is 1.51. The van der Waals surface area contributed by atoms with Crippen LogP contribution in [0.5, 0.6) is 0 Å². The third kappa shape index (κ3) is 4.91. The highest BCUT2D eigenvalue weighted by Gasteiger charge is 2.13. The molecule has 1 rings (SSSR count). The molecular weight excluding hydrogens is 236 g/mol. The molecule has 1 N–H and O–H groups in total. The molecule has 0 aliphatic carbocycles. The van der Waals surface area contributed by atoms with Crippen molar-refractivity contribution in [3.8, 4) is 0 Å². The first-order valence-electron chi connectivity index (χ1n) is 5.74. The molecule has 17 heavy (non-hydrogen) atoms. The largest absolute Gasteiger partial charge is 0.390 e. The Kier molecular flexibility index (Phi) is 4.77. The van der Waals surface area contributed by atoms with Crippen LogP contribution in [0.2, 0.25) is 0 Å². The van der Waals surface area contributed by atoms with Crippen LogP contribution in [0.3, 0.4) is 0 Å². The Morgan fingerprint density at radius 1 is 1.53 bits per heavy atom. The van der Waals surface area contributed by atoms with E-state index in [0.29, 0.717) is 6.42 Å². The summed E-state index contributed by atoms with van der Waals surface area (Å²) < 4.78 is 1.97. The van der Waals surface area contributed by atoms with Gasteiger partial charge >= 0.3 is 0 Å². The van der Waals surface area contributed by atoms with Gasteiger partial charge in [-0.2, -0.15) is 4.98 Å². The third-order valence-electron chi connectivity index (χ3n) is 2.31. The molecule has 0 saturated heterocycles. The smallest absolute Gasteiger partial charge is 0.273 e. The van der Waals surface area contributed by atoms with Crippen LogP contribution in [-0.2, 0) is 0 Å². The Morgan fingerprint density at radius 2 is 2.18 bits per heavy atom. The van der Waals surface area contributed by atoms with Crippen LogP contribution in [0.25, 0.3) is 0 Å². The van der Waals surface area contributed by atoms with Crippen LogP contribution in [0.15, 0.2) is 22.2 Å². The summed E-state index contributed by atoms with van der Waals surface area (Å²) in [5.74, 6) is 0.743. The molecule has 5 heteroatoms. The van der Waals surface area contributed by atoms with Crippen LogP contribution in [-0.4, -0.2) is 26.0 Å². The summed E-state index contributed by atoms with van der Waals surface area (Å²) in [5.41, 5.74) is -0.891. The summed E-state index contributed by atoms with van der Waals surface area (Å²) in [4.78, 5) is 15.2. The van der Waals surface area contributed by atoms with E-state index in [1.165, 1.54) is 17.8 Å². The summed E-state index contributed by atoms with van der Waals surface area (Å²) in [6.07, 6.45) is 2.44. The highest BCUT2D eigenvalue weighted by atomic mass is 32.2. The molecule has 0 fully saturated rings. The normalized spacial score (nSPS) is 12.1. The van der Waals surface area contributed by atoms with Crippen LogP contribution < -0.4 is 5.56 Å². The molecular formula is C12H20N2O2S. The van der Waals surface area contributed by atoms with Gasteiger partial charge in [-0.1, -0.05) is 11.8 Å². The first-order valence-corrected chi connectivity index (χ1v) is 6.72. The van der Waals surface area contributed by atoms with Crippen LogP contribution >= 0.6 is 11.8 Å². The standard InChI is InChI=1S/C12H20N2O2S/c1-9(2)14-7-5-10(15)13-11(14)17-8-6-12(3,4)16/h5,7,9,16H,6,8H2,1-4H3. The Labute approximate surface area is 106 Å². The minimum atomic E-state index is -0.676. The maximum Gasteiger partial charge on any atom is 0.273 e. The number of nitrogens with zero attached hydrogens (tertiary/aromatic N) is 2.